The number of ether oxygens (including phenoxy) is 1. The fourth-order valence-corrected chi connectivity index (χ4v) is 2.92. The molecule has 0 aliphatic carbocycles. The third kappa shape index (κ3) is 4.12. The van der Waals surface area contributed by atoms with Gasteiger partial charge in [0.15, 0.2) is 0 Å². The number of halogens is 1. The number of benzene rings is 1. The third-order valence-corrected chi connectivity index (χ3v) is 3.93. The number of rotatable bonds is 4. The van der Waals surface area contributed by atoms with E-state index in [0.29, 0.717) is 28.8 Å². The van der Waals surface area contributed by atoms with Crippen LogP contribution in [0.1, 0.15) is 19.3 Å². The molecule has 1 fully saturated rings. The van der Waals surface area contributed by atoms with Gasteiger partial charge in [0.25, 0.3) is 0 Å². The highest BCUT2D eigenvalue weighted by Gasteiger charge is 2.20. The van der Waals surface area contributed by atoms with Crippen LogP contribution >= 0.6 is 11.6 Å². The summed E-state index contributed by atoms with van der Waals surface area (Å²) < 4.78 is 5.09. The number of hydrogen-bond donors (Lipinski definition) is 1. The van der Waals surface area contributed by atoms with Gasteiger partial charge in [-0.3, -0.25) is 4.79 Å². The van der Waals surface area contributed by atoms with Gasteiger partial charge in [-0.2, -0.15) is 0 Å². The number of anilines is 1. The lowest BCUT2D eigenvalue weighted by Crippen LogP contribution is -2.34. The molecule has 20 heavy (non-hydrogen) atoms. The zero-order chi connectivity index (χ0) is 14.5. The standard InChI is InChI=1S/C15H21ClN2O2/c1-18-7-3-4-11(10-18)8-15(19)17-12-5-6-14(20-2)13(16)9-12/h5-6,9,11H,3-4,7-8,10H2,1-2H3,(H,17,19). The van der Waals surface area contributed by atoms with Gasteiger partial charge in [-0.05, 0) is 50.6 Å². The van der Waals surface area contributed by atoms with Crippen LogP contribution in [0.5, 0.6) is 5.75 Å². The largest absolute Gasteiger partial charge is 0.495 e. The summed E-state index contributed by atoms with van der Waals surface area (Å²) in [5, 5.41) is 3.40. The Balaban J connectivity index is 1.89. The molecule has 0 saturated carbocycles. The van der Waals surface area contributed by atoms with Crippen LogP contribution in [0.3, 0.4) is 0 Å². The van der Waals surface area contributed by atoms with Gasteiger partial charge in [0.2, 0.25) is 5.91 Å². The smallest absolute Gasteiger partial charge is 0.224 e. The summed E-state index contributed by atoms with van der Waals surface area (Å²) in [6.45, 7) is 2.13. The minimum absolute atomic E-state index is 0.0477. The average molecular weight is 297 g/mol. The van der Waals surface area contributed by atoms with Crippen molar-refractivity contribution in [3.63, 3.8) is 0 Å². The monoisotopic (exact) mass is 296 g/mol. The van der Waals surface area contributed by atoms with E-state index in [2.05, 4.69) is 17.3 Å². The van der Waals surface area contributed by atoms with Crippen LogP contribution in [-0.2, 0) is 4.79 Å². The van der Waals surface area contributed by atoms with Crippen molar-refractivity contribution in [2.24, 2.45) is 5.92 Å². The predicted octanol–water partition coefficient (Wildman–Crippen LogP) is 3.02. The predicted molar refractivity (Wildman–Crippen MR) is 81.5 cm³/mol. The Labute approximate surface area is 125 Å². The number of piperidine rings is 1. The van der Waals surface area contributed by atoms with E-state index >= 15 is 0 Å². The van der Waals surface area contributed by atoms with Gasteiger partial charge in [0.05, 0.1) is 12.1 Å². The lowest BCUT2D eigenvalue weighted by molar-refractivity contribution is -0.117. The second-order valence-corrected chi connectivity index (χ2v) is 5.78. The number of carbonyl (C=O) groups is 1. The fourth-order valence-electron chi connectivity index (χ4n) is 2.66. The Morgan fingerprint density at radius 1 is 1.55 bits per heavy atom. The maximum absolute atomic E-state index is 12.0. The van der Waals surface area contributed by atoms with Gasteiger partial charge >= 0.3 is 0 Å². The SMILES string of the molecule is COc1ccc(NC(=O)CC2CCCN(C)C2)cc1Cl. The number of amides is 1. The van der Waals surface area contributed by atoms with Crippen molar-refractivity contribution in [2.75, 3.05) is 32.6 Å². The maximum Gasteiger partial charge on any atom is 0.224 e. The van der Waals surface area contributed by atoms with E-state index < -0.39 is 0 Å². The van der Waals surface area contributed by atoms with E-state index in [1.165, 1.54) is 6.42 Å². The molecule has 0 radical (unpaired) electrons. The van der Waals surface area contributed by atoms with Gasteiger partial charge in [0.1, 0.15) is 5.75 Å². The van der Waals surface area contributed by atoms with E-state index in [1.54, 1.807) is 25.3 Å². The normalized spacial score (nSPS) is 19.6. The molecular weight excluding hydrogens is 276 g/mol. The summed E-state index contributed by atoms with van der Waals surface area (Å²) in [5.41, 5.74) is 0.713. The molecule has 1 unspecified atom stereocenters. The molecule has 1 aromatic rings. The summed E-state index contributed by atoms with van der Waals surface area (Å²) in [5.74, 6) is 1.10. The number of methoxy groups -OCH3 is 1. The molecule has 4 nitrogen and oxygen atoms in total. The Bertz CT molecular complexity index is 479. The lowest BCUT2D eigenvalue weighted by atomic mass is 9.95. The summed E-state index contributed by atoms with van der Waals surface area (Å²) >= 11 is 6.04. The van der Waals surface area contributed by atoms with Crippen molar-refractivity contribution in [3.05, 3.63) is 23.2 Å². The summed E-state index contributed by atoms with van der Waals surface area (Å²) in [7, 11) is 3.67. The van der Waals surface area contributed by atoms with Crippen molar-refractivity contribution in [1.29, 1.82) is 0 Å². The highest BCUT2D eigenvalue weighted by molar-refractivity contribution is 6.32. The van der Waals surface area contributed by atoms with Crippen molar-refractivity contribution >= 4 is 23.2 Å². The number of nitrogens with zero attached hydrogens (tertiary/aromatic N) is 1. The first-order chi connectivity index (χ1) is 9.58. The van der Waals surface area contributed by atoms with Gasteiger partial charge in [-0.15, -0.1) is 0 Å². The number of carbonyl (C=O) groups excluding carboxylic acids is 1. The van der Waals surface area contributed by atoms with Crippen LogP contribution in [-0.4, -0.2) is 38.1 Å². The molecule has 110 valence electrons. The average Bonchev–Trinajstić information content (AvgIpc) is 2.38. The molecule has 1 aliphatic heterocycles. The number of likely N-dealkylation sites (tertiary alicyclic amines) is 1. The zero-order valence-corrected chi connectivity index (χ0v) is 12.7. The van der Waals surface area contributed by atoms with E-state index in [-0.39, 0.29) is 5.91 Å². The molecule has 1 atom stereocenters. The first kappa shape index (κ1) is 15.1. The first-order valence-corrected chi connectivity index (χ1v) is 7.28. The van der Waals surface area contributed by atoms with E-state index in [9.17, 15) is 4.79 Å². The van der Waals surface area contributed by atoms with E-state index in [0.717, 1.165) is 19.5 Å². The first-order valence-electron chi connectivity index (χ1n) is 6.90. The van der Waals surface area contributed by atoms with Crippen LogP contribution in [0.25, 0.3) is 0 Å². The van der Waals surface area contributed by atoms with Crippen LogP contribution in [0.4, 0.5) is 5.69 Å². The molecule has 1 aromatic carbocycles. The van der Waals surface area contributed by atoms with Crippen LogP contribution < -0.4 is 10.1 Å². The van der Waals surface area contributed by atoms with Crippen molar-refractivity contribution in [3.8, 4) is 5.75 Å². The minimum atomic E-state index is 0.0477. The molecule has 0 bridgehead atoms. The van der Waals surface area contributed by atoms with E-state index in [1.807, 2.05) is 0 Å². The fraction of sp³-hybridized carbons (Fsp3) is 0.533. The van der Waals surface area contributed by atoms with Gasteiger partial charge in [0, 0.05) is 18.7 Å². The second kappa shape index (κ2) is 6.95. The second-order valence-electron chi connectivity index (χ2n) is 5.37. The maximum atomic E-state index is 12.0. The molecule has 0 aromatic heterocycles. The highest BCUT2D eigenvalue weighted by atomic mass is 35.5. The number of nitrogens with one attached hydrogen (secondary N) is 1. The molecule has 5 heteroatoms. The molecule has 1 amide bonds. The number of hydrogen-bond acceptors (Lipinski definition) is 3. The lowest BCUT2D eigenvalue weighted by Gasteiger charge is -2.29. The molecule has 1 N–H and O–H groups in total. The molecule has 1 heterocycles. The summed E-state index contributed by atoms with van der Waals surface area (Å²) in [6, 6.07) is 5.27. The summed E-state index contributed by atoms with van der Waals surface area (Å²) in [4.78, 5) is 14.3. The molecule has 1 saturated heterocycles. The van der Waals surface area contributed by atoms with Crippen LogP contribution in [0.15, 0.2) is 18.2 Å². The quantitative estimate of drug-likeness (QED) is 0.928. The van der Waals surface area contributed by atoms with Crippen molar-refractivity contribution in [1.82, 2.24) is 4.90 Å². The van der Waals surface area contributed by atoms with E-state index in [4.69, 9.17) is 16.3 Å². The van der Waals surface area contributed by atoms with Gasteiger partial charge < -0.3 is 15.0 Å². The Morgan fingerprint density at radius 3 is 3.00 bits per heavy atom. The Hall–Kier alpha value is -1.26. The molecule has 1 aliphatic rings. The topological polar surface area (TPSA) is 41.6 Å². The highest BCUT2D eigenvalue weighted by Crippen LogP contribution is 2.27. The minimum Gasteiger partial charge on any atom is -0.495 e. The third-order valence-electron chi connectivity index (χ3n) is 3.63. The van der Waals surface area contributed by atoms with Gasteiger partial charge in [-0.25, -0.2) is 0 Å². The van der Waals surface area contributed by atoms with Crippen molar-refractivity contribution in [2.45, 2.75) is 19.3 Å². The summed E-state index contributed by atoms with van der Waals surface area (Å²) in [6.07, 6.45) is 2.86. The van der Waals surface area contributed by atoms with Crippen LogP contribution in [0.2, 0.25) is 5.02 Å². The molecule has 2 rings (SSSR count). The van der Waals surface area contributed by atoms with Crippen molar-refractivity contribution < 1.29 is 9.53 Å². The Morgan fingerprint density at radius 2 is 2.35 bits per heavy atom. The van der Waals surface area contributed by atoms with Gasteiger partial charge in [-0.1, -0.05) is 11.6 Å². The molecular formula is C15H21ClN2O2. The Kier molecular flexibility index (Phi) is 5.26. The molecule has 0 spiro atoms. The zero-order valence-electron chi connectivity index (χ0n) is 12.0. The van der Waals surface area contributed by atoms with Crippen LogP contribution in [0, 0.1) is 5.92 Å².